The molecule has 1 rings (SSSR count). The molecule has 0 aliphatic heterocycles. The number of halogens is 7. The van der Waals surface area contributed by atoms with E-state index in [0.717, 1.165) is 22.6 Å². The van der Waals surface area contributed by atoms with Crippen LogP contribution in [0.5, 0.6) is 0 Å². The molecule has 0 saturated heterocycles. The first-order chi connectivity index (χ1) is 6.73. The van der Waals surface area contributed by atoms with Gasteiger partial charge in [0.1, 0.15) is 15.2 Å². The molecule has 0 amide bonds. The average molecular weight is 341 g/mol. The van der Waals surface area contributed by atoms with Crippen molar-refractivity contribution in [2.75, 3.05) is 0 Å². The highest BCUT2D eigenvalue weighted by molar-refractivity contribution is 14.1. The molecule has 0 spiro atoms. The molecule has 0 aliphatic carbocycles. The molecule has 84 valence electrons. The second-order valence-corrected chi connectivity index (χ2v) is 3.51. The normalized spacial score (nSPS) is 12.3. The smallest absolute Gasteiger partial charge is 0.237 e. The Kier molecular flexibility index (Phi) is 3.46. The Morgan fingerprint density at radius 2 is 1.80 bits per heavy atom. The lowest BCUT2D eigenvalue weighted by molar-refractivity contribution is -0.141. The number of alkyl halides is 5. The summed E-state index contributed by atoms with van der Waals surface area (Å²) >= 11 is 1.14. The summed E-state index contributed by atoms with van der Waals surface area (Å²) in [4.78, 5) is 2.87. The first kappa shape index (κ1) is 12.5. The summed E-state index contributed by atoms with van der Waals surface area (Å²) in [5.74, 6) is -1.60. The van der Waals surface area contributed by atoms with E-state index in [1.165, 1.54) is 0 Å². The van der Waals surface area contributed by atoms with Crippen LogP contribution >= 0.6 is 22.6 Å². The van der Waals surface area contributed by atoms with Crippen molar-refractivity contribution in [3.63, 3.8) is 0 Å². The van der Waals surface area contributed by atoms with Crippen molar-refractivity contribution in [1.29, 1.82) is 0 Å². The molecule has 0 aliphatic rings. The second-order valence-electron chi connectivity index (χ2n) is 2.49. The lowest BCUT2D eigenvalue weighted by atomic mass is 10.2. The fourth-order valence-electron chi connectivity index (χ4n) is 0.834. The molecule has 8 heteroatoms. The van der Waals surface area contributed by atoms with Gasteiger partial charge in [0.05, 0.1) is 5.56 Å². The Morgan fingerprint density at radius 3 is 2.13 bits per heavy atom. The highest BCUT2D eigenvalue weighted by Crippen LogP contribution is 2.32. The van der Waals surface area contributed by atoms with Crippen molar-refractivity contribution in [2.24, 2.45) is 0 Å². The van der Waals surface area contributed by atoms with Crippen LogP contribution in [0.2, 0.25) is 0 Å². The summed E-state index contributed by atoms with van der Waals surface area (Å²) in [7, 11) is 0. The van der Waals surface area contributed by atoms with E-state index in [9.17, 15) is 26.3 Å². The van der Waals surface area contributed by atoms with Crippen molar-refractivity contribution < 1.29 is 26.3 Å². The van der Waals surface area contributed by atoms with Crippen molar-refractivity contribution in [1.82, 2.24) is 4.98 Å². The highest BCUT2D eigenvalue weighted by Gasteiger charge is 2.35. The first-order valence-electron chi connectivity index (χ1n) is 3.44. The monoisotopic (exact) mass is 341 g/mol. The maximum Gasteiger partial charge on any atom is 0.433 e. The van der Waals surface area contributed by atoms with E-state index in [1.807, 2.05) is 0 Å². The fraction of sp³-hybridized carbons (Fsp3) is 0.286. The van der Waals surface area contributed by atoms with E-state index in [4.69, 9.17) is 0 Å². The summed E-state index contributed by atoms with van der Waals surface area (Å²) in [6, 6.07) is -0.0380. The zero-order valence-corrected chi connectivity index (χ0v) is 8.91. The Balaban J connectivity index is 3.32. The topological polar surface area (TPSA) is 12.9 Å². The molecule has 1 aromatic heterocycles. The molecule has 0 aromatic carbocycles. The molecule has 1 aromatic rings. The highest BCUT2D eigenvalue weighted by atomic mass is 127. The third-order valence-electron chi connectivity index (χ3n) is 1.47. The van der Waals surface area contributed by atoms with Gasteiger partial charge in [-0.3, -0.25) is 0 Å². The zero-order valence-electron chi connectivity index (χ0n) is 6.75. The summed E-state index contributed by atoms with van der Waals surface area (Å²) < 4.78 is 72.7. The molecule has 15 heavy (non-hydrogen) atoms. The van der Waals surface area contributed by atoms with Crippen LogP contribution in [0.3, 0.4) is 0 Å². The van der Waals surface area contributed by atoms with Gasteiger partial charge in [-0.05, 0) is 22.6 Å². The third kappa shape index (κ3) is 2.73. The number of hydrogen-bond donors (Lipinski definition) is 0. The summed E-state index contributed by atoms with van der Waals surface area (Å²) in [6.45, 7) is 0. The van der Waals surface area contributed by atoms with Crippen LogP contribution in [0.1, 0.15) is 17.7 Å². The van der Waals surface area contributed by atoms with Gasteiger partial charge in [-0.2, -0.15) is 13.2 Å². The first-order valence-corrected chi connectivity index (χ1v) is 4.52. The molecule has 0 saturated carbocycles. The Hall–Kier alpha value is -0.540. The minimum absolute atomic E-state index is 0.0380. The van der Waals surface area contributed by atoms with Crippen LogP contribution in [-0.2, 0) is 6.18 Å². The van der Waals surface area contributed by atoms with Crippen LogP contribution in [0.25, 0.3) is 0 Å². The Bertz CT molecular complexity index is 351. The Labute approximate surface area is 93.6 Å². The predicted octanol–water partition coefficient (Wildman–Crippen LogP) is 3.78. The molecule has 0 N–H and O–H groups in total. The summed E-state index contributed by atoms with van der Waals surface area (Å²) in [5, 5.41) is 0. The number of aromatic nitrogens is 1. The SMILES string of the molecule is Fc1cc(C(F)(F)F)nc(I)c1C(F)F. The largest absolute Gasteiger partial charge is 0.433 e. The van der Waals surface area contributed by atoms with E-state index in [2.05, 4.69) is 4.98 Å². The summed E-state index contributed by atoms with van der Waals surface area (Å²) in [5.41, 5.74) is -2.63. The van der Waals surface area contributed by atoms with Gasteiger partial charge in [0, 0.05) is 6.07 Å². The molecule has 0 bridgehead atoms. The van der Waals surface area contributed by atoms with Crippen molar-refractivity contribution in [3.05, 3.63) is 26.8 Å². The second kappa shape index (κ2) is 4.14. The van der Waals surface area contributed by atoms with Crippen molar-refractivity contribution in [2.45, 2.75) is 12.6 Å². The third-order valence-corrected chi connectivity index (χ3v) is 2.29. The van der Waals surface area contributed by atoms with Crippen LogP contribution in [0, 0.1) is 9.52 Å². The number of pyridine rings is 1. The zero-order chi connectivity index (χ0) is 11.8. The van der Waals surface area contributed by atoms with E-state index in [0.29, 0.717) is 0 Å². The van der Waals surface area contributed by atoms with Gasteiger partial charge in [0.15, 0.2) is 0 Å². The van der Waals surface area contributed by atoms with Crippen molar-refractivity contribution >= 4 is 22.6 Å². The molecule has 0 atom stereocenters. The van der Waals surface area contributed by atoms with Crippen LogP contribution in [0.15, 0.2) is 6.07 Å². The average Bonchev–Trinajstić information content (AvgIpc) is 1.99. The quantitative estimate of drug-likeness (QED) is 0.430. The van der Waals surface area contributed by atoms with Gasteiger partial charge < -0.3 is 0 Å². The fourth-order valence-corrected chi connectivity index (χ4v) is 1.59. The van der Waals surface area contributed by atoms with E-state index >= 15 is 0 Å². The predicted molar refractivity (Wildman–Crippen MR) is 46.9 cm³/mol. The van der Waals surface area contributed by atoms with Gasteiger partial charge >= 0.3 is 6.18 Å². The van der Waals surface area contributed by atoms with Crippen LogP contribution in [-0.4, -0.2) is 4.98 Å². The lowest BCUT2D eigenvalue weighted by Gasteiger charge is -2.09. The van der Waals surface area contributed by atoms with Gasteiger partial charge in [0.2, 0.25) is 0 Å². The maximum absolute atomic E-state index is 12.9. The number of nitrogens with zero attached hydrogens (tertiary/aromatic N) is 1. The van der Waals surface area contributed by atoms with E-state index < -0.39 is 33.4 Å². The lowest BCUT2D eigenvalue weighted by Crippen LogP contribution is -2.12. The minimum Gasteiger partial charge on any atom is -0.237 e. The maximum atomic E-state index is 12.9. The van der Waals surface area contributed by atoms with Gasteiger partial charge in [-0.15, -0.1) is 0 Å². The Morgan fingerprint density at radius 1 is 1.27 bits per heavy atom. The number of rotatable bonds is 1. The van der Waals surface area contributed by atoms with Gasteiger partial charge in [-0.25, -0.2) is 18.2 Å². The van der Waals surface area contributed by atoms with Crippen LogP contribution in [0.4, 0.5) is 26.3 Å². The standard InChI is InChI=1S/C7H2F6IN/c8-2-1-3(7(11,12)13)15-6(14)4(2)5(9)10/h1,5H. The molecule has 0 fully saturated rings. The molecular formula is C7H2F6IN. The molecule has 1 heterocycles. The van der Waals surface area contributed by atoms with Crippen molar-refractivity contribution in [3.8, 4) is 0 Å². The summed E-state index contributed by atoms with van der Waals surface area (Å²) in [6.07, 6.45) is -8.03. The van der Waals surface area contributed by atoms with Gasteiger partial charge in [-0.1, -0.05) is 0 Å². The van der Waals surface area contributed by atoms with Gasteiger partial charge in [0.25, 0.3) is 6.43 Å². The molecule has 0 unspecified atom stereocenters. The van der Waals surface area contributed by atoms with E-state index in [-0.39, 0.29) is 6.07 Å². The molecule has 1 nitrogen and oxygen atoms in total. The number of hydrogen-bond acceptors (Lipinski definition) is 1. The molecule has 0 radical (unpaired) electrons. The molecular weight excluding hydrogens is 339 g/mol. The van der Waals surface area contributed by atoms with Crippen LogP contribution < -0.4 is 0 Å². The van der Waals surface area contributed by atoms with E-state index in [1.54, 1.807) is 0 Å². The minimum atomic E-state index is -4.85.